The van der Waals surface area contributed by atoms with E-state index in [1.165, 1.54) is 27.8 Å². The normalized spacial score (nSPS) is 10.6. The molecule has 0 amide bonds. The Bertz CT molecular complexity index is 776. The average Bonchev–Trinajstić information content (AvgIpc) is 2.67. The van der Waals surface area contributed by atoms with Crippen LogP contribution in [-0.2, 0) is 18.4 Å². The highest BCUT2D eigenvalue weighted by atomic mass is 79.9. The molecular formula is C22H21BrO. The van der Waals surface area contributed by atoms with Crippen molar-refractivity contribution in [3.8, 4) is 16.9 Å². The molecule has 122 valence electrons. The number of alkyl halides is 1. The third-order valence-corrected chi connectivity index (χ3v) is 4.75. The lowest BCUT2D eigenvalue weighted by atomic mass is 10.0. The second-order valence-electron chi connectivity index (χ2n) is 5.82. The molecule has 0 bridgehead atoms. The SMILES string of the molecule is CCc1ccc(-c2ccc(OCc3cccc(CBr)c3)cc2)cc1. The molecule has 0 saturated carbocycles. The minimum Gasteiger partial charge on any atom is -0.489 e. The van der Waals surface area contributed by atoms with Gasteiger partial charge in [-0.1, -0.05) is 83.5 Å². The minimum atomic E-state index is 0.589. The molecule has 0 unspecified atom stereocenters. The number of rotatable bonds is 6. The monoisotopic (exact) mass is 380 g/mol. The van der Waals surface area contributed by atoms with Crippen LogP contribution >= 0.6 is 15.9 Å². The Morgan fingerprint density at radius 3 is 2.00 bits per heavy atom. The molecule has 0 saturated heterocycles. The highest BCUT2D eigenvalue weighted by Crippen LogP contribution is 2.23. The first kappa shape index (κ1) is 16.8. The van der Waals surface area contributed by atoms with Gasteiger partial charge in [0.05, 0.1) is 0 Å². The van der Waals surface area contributed by atoms with Crippen LogP contribution in [0.15, 0.2) is 72.8 Å². The largest absolute Gasteiger partial charge is 0.489 e. The number of benzene rings is 3. The molecule has 0 aromatic heterocycles. The van der Waals surface area contributed by atoms with Gasteiger partial charge >= 0.3 is 0 Å². The molecule has 0 spiro atoms. The van der Waals surface area contributed by atoms with Crippen LogP contribution in [0.2, 0.25) is 0 Å². The topological polar surface area (TPSA) is 9.23 Å². The van der Waals surface area contributed by atoms with Gasteiger partial charge in [0.2, 0.25) is 0 Å². The quantitative estimate of drug-likeness (QED) is 0.450. The number of aryl methyl sites for hydroxylation is 1. The van der Waals surface area contributed by atoms with Gasteiger partial charge in [-0.25, -0.2) is 0 Å². The Balaban J connectivity index is 1.65. The molecule has 0 aliphatic heterocycles. The number of hydrogen-bond donors (Lipinski definition) is 0. The fraction of sp³-hybridized carbons (Fsp3) is 0.182. The van der Waals surface area contributed by atoms with Gasteiger partial charge in [-0.15, -0.1) is 0 Å². The summed E-state index contributed by atoms with van der Waals surface area (Å²) in [5.41, 5.74) is 6.27. The summed E-state index contributed by atoms with van der Waals surface area (Å²) in [4.78, 5) is 0. The van der Waals surface area contributed by atoms with Gasteiger partial charge in [0.25, 0.3) is 0 Å². The molecule has 0 atom stereocenters. The van der Waals surface area contributed by atoms with Gasteiger partial charge in [0.15, 0.2) is 0 Å². The second kappa shape index (κ2) is 8.16. The molecule has 0 N–H and O–H groups in total. The maximum Gasteiger partial charge on any atom is 0.119 e. The molecule has 0 fully saturated rings. The van der Waals surface area contributed by atoms with Crippen molar-refractivity contribution in [2.45, 2.75) is 25.3 Å². The van der Waals surface area contributed by atoms with Crippen LogP contribution < -0.4 is 4.74 Å². The second-order valence-corrected chi connectivity index (χ2v) is 6.38. The smallest absolute Gasteiger partial charge is 0.119 e. The van der Waals surface area contributed by atoms with Crippen LogP contribution in [0.3, 0.4) is 0 Å². The zero-order valence-corrected chi connectivity index (χ0v) is 15.4. The van der Waals surface area contributed by atoms with Gasteiger partial charge in [-0.2, -0.15) is 0 Å². The maximum atomic E-state index is 5.90. The van der Waals surface area contributed by atoms with E-state index in [1.807, 2.05) is 12.1 Å². The van der Waals surface area contributed by atoms with Crippen molar-refractivity contribution in [3.05, 3.63) is 89.5 Å². The first-order valence-electron chi connectivity index (χ1n) is 8.24. The predicted octanol–water partition coefficient (Wildman–Crippen LogP) is 6.39. The van der Waals surface area contributed by atoms with Crippen molar-refractivity contribution in [3.63, 3.8) is 0 Å². The summed E-state index contributed by atoms with van der Waals surface area (Å²) in [7, 11) is 0. The molecule has 3 aromatic rings. The molecule has 0 aliphatic rings. The summed E-state index contributed by atoms with van der Waals surface area (Å²) >= 11 is 3.49. The first-order valence-corrected chi connectivity index (χ1v) is 9.36. The molecule has 1 nitrogen and oxygen atoms in total. The Labute approximate surface area is 152 Å². The van der Waals surface area contributed by atoms with E-state index in [4.69, 9.17) is 4.74 Å². The zero-order chi connectivity index (χ0) is 16.8. The number of ether oxygens (including phenoxy) is 1. The fourth-order valence-electron chi connectivity index (χ4n) is 2.65. The van der Waals surface area contributed by atoms with E-state index in [-0.39, 0.29) is 0 Å². The van der Waals surface area contributed by atoms with Crippen molar-refractivity contribution < 1.29 is 4.74 Å². The van der Waals surface area contributed by atoms with Gasteiger partial charge in [-0.05, 0) is 46.4 Å². The molecule has 0 heterocycles. The van der Waals surface area contributed by atoms with E-state index in [0.29, 0.717) is 6.61 Å². The first-order chi connectivity index (χ1) is 11.8. The van der Waals surface area contributed by atoms with E-state index >= 15 is 0 Å². The third-order valence-electron chi connectivity index (χ3n) is 4.10. The molecule has 0 radical (unpaired) electrons. The van der Waals surface area contributed by atoms with Gasteiger partial charge < -0.3 is 4.74 Å². The van der Waals surface area contributed by atoms with Crippen molar-refractivity contribution >= 4 is 15.9 Å². The molecule has 2 heteroatoms. The van der Waals surface area contributed by atoms with E-state index in [0.717, 1.165) is 17.5 Å². The highest BCUT2D eigenvalue weighted by Gasteiger charge is 2.01. The standard InChI is InChI=1S/C22H21BrO/c1-2-17-6-8-20(9-7-17)21-10-12-22(13-11-21)24-16-19-5-3-4-18(14-19)15-23/h3-14H,2,15-16H2,1H3. The fourth-order valence-corrected chi connectivity index (χ4v) is 2.99. The third kappa shape index (κ3) is 4.27. The van der Waals surface area contributed by atoms with E-state index in [2.05, 4.69) is 83.5 Å². The molecule has 3 aromatic carbocycles. The van der Waals surface area contributed by atoms with Crippen LogP contribution in [0.4, 0.5) is 0 Å². The van der Waals surface area contributed by atoms with Crippen molar-refractivity contribution in [1.82, 2.24) is 0 Å². The summed E-state index contributed by atoms with van der Waals surface area (Å²) in [5.74, 6) is 0.896. The Morgan fingerprint density at radius 1 is 0.750 bits per heavy atom. The van der Waals surface area contributed by atoms with Crippen LogP contribution in [0.1, 0.15) is 23.6 Å². The Kier molecular flexibility index (Phi) is 5.71. The number of halogens is 1. The van der Waals surface area contributed by atoms with E-state index < -0.39 is 0 Å². The molecule has 3 rings (SSSR count). The zero-order valence-electron chi connectivity index (χ0n) is 13.8. The summed E-state index contributed by atoms with van der Waals surface area (Å²) in [6.45, 7) is 2.76. The summed E-state index contributed by atoms with van der Waals surface area (Å²) < 4.78 is 5.90. The van der Waals surface area contributed by atoms with Crippen molar-refractivity contribution in [2.75, 3.05) is 0 Å². The van der Waals surface area contributed by atoms with E-state index in [9.17, 15) is 0 Å². The lowest BCUT2D eigenvalue weighted by Crippen LogP contribution is -1.96. The van der Waals surface area contributed by atoms with Crippen LogP contribution in [-0.4, -0.2) is 0 Å². The van der Waals surface area contributed by atoms with Crippen LogP contribution in [0.5, 0.6) is 5.75 Å². The Hall–Kier alpha value is -2.06. The molecule has 24 heavy (non-hydrogen) atoms. The molecular weight excluding hydrogens is 360 g/mol. The van der Waals surface area contributed by atoms with Crippen LogP contribution in [0, 0.1) is 0 Å². The lowest BCUT2D eigenvalue weighted by molar-refractivity contribution is 0.306. The predicted molar refractivity (Wildman–Crippen MR) is 105 cm³/mol. The van der Waals surface area contributed by atoms with Gasteiger partial charge in [0.1, 0.15) is 12.4 Å². The van der Waals surface area contributed by atoms with Gasteiger partial charge in [-0.3, -0.25) is 0 Å². The molecule has 0 aliphatic carbocycles. The van der Waals surface area contributed by atoms with Crippen LogP contribution in [0.25, 0.3) is 11.1 Å². The van der Waals surface area contributed by atoms with Crippen molar-refractivity contribution in [2.24, 2.45) is 0 Å². The Morgan fingerprint density at radius 2 is 1.38 bits per heavy atom. The van der Waals surface area contributed by atoms with Gasteiger partial charge in [0, 0.05) is 5.33 Å². The number of hydrogen-bond acceptors (Lipinski definition) is 1. The summed E-state index contributed by atoms with van der Waals surface area (Å²) in [6, 6.07) is 25.5. The lowest BCUT2D eigenvalue weighted by Gasteiger charge is -2.09. The van der Waals surface area contributed by atoms with E-state index in [1.54, 1.807) is 0 Å². The summed E-state index contributed by atoms with van der Waals surface area (Å²) in [6.07, 6.45) is 1.07. The minimum absolute atomic E-state index is 0.589. The summed E-state index contributed by atoms with van der Waals surface area (Å²) in [5, 5.41) is 0.867. The van der Waals surface area contributed by atoms with Crippen molar-refractivity contribution in [1.29, 1.82) is 0 Å². The highest BCUT2D eigenvalue weighted by molar-refractivity contribution is 9.08. The average molecular weight is 381 g/mol. The maximum absolute atomic E-state index is 5.90.